The van der Waals surface area contributed by atoms with Gasteiger partial charge in [0.05, 0.1) is 10.7 Å². The molecule has 4 bridgehead atoms. The SMILES string of the molecule is Cc1ccccc1-c1ccc(C(=O)NC2(C(=O)O)C3CC4CC(C3)CC2C4)nc1-c1ccc(Cl)c(OCCN2CCCC2)c1.Cl. The van der Waals surface area contributed by atoms with E-state index in [1.165, 1.54) is 19.3 Å². The monoisotopic (exact) mass is 649 g/mol. The molecule has 238 valence electrons. The Morgan fingerprint density at radius 3 is 2.33 bits per heavy atom. The number of carbonyl (C=O) groups is 2. The van der Waals surface area contributed by atoms with E-state index in [0.29, 0.717) is 34.9 Å². The second-order valence-electron chi connectivity index (χ2n) is 13.4. The van der Waals surface area contributed by atoms with Crippen molar-refractivity contribution in [3.63, 3.8) is 0 Å². The van der Waals surface area contributed by atoms with Crippen LogP contribution >= 0.6 is 24.0 Å². The fourth-order valence-electron chi connectivity index (χ4n) is 8.74. The summed E-state index contributed by atoms with van der Waals surface area (Å²) in [6.45, 7) is 5.63. The van der Waals surface area contributed by atoms with Gasteiger partial charge in [0.2, 0.25) is 0 Å². The van der Waals surface area contributed by atoms with Crippen molar-refractivity contribution in [2.45, 2.75) is 57.4 Å². The molecule has 0 unspecified atom stereocenters. The number of pyridine rings is 1. The number of ether oxygens (including phenoxy) is 1. The highest BCUT2D eigenvalue weighted by atomic mass is 35.5. The van der Waals surface area contributed by atoms with Crippen molar-refractivity contribution in [3.05, 3.63) is 70.9 Å². The predicted octanol–water partition coefficient (Wildman–Crippen LogP) is 7.28. The molecular weight excluding hydrogens is 609 g/mol. The normalized spacial score (nSPS) is 26.8. The third-order valence-electron chi connectivity index (χ3n) is 10.7. The number of nitrogens with one attached hydrogen (secondary N) is 1. The van der Waals surface area contributed by atoms with Gasteiger partial charge in [0, 0.05) is 17.7 Å². The number of rotatable bonds is 9. The Labute approximate surface area is 276 Å². The first-order valence-corrected chi connectivity index (χ1v) is 16.5. The van der Waals surface area contributed by atoms with Crippen LogP contribution < -0.4 is 10.1 Å². The molecule has 2 aromatic carbocycles. The van der Waals surface area contributed by atoms with Crippen molar-refractivity contribution in [3.8, 4) is 28.1 Å². The van der Waals surface area contributed by atoms with Crippen molar-refractivity contribution < 1.29 is 19.4 Å². The van der Waals surface area contributed by atoms with Crippen LogP contribution in [-0.2, 0) is 4.79 Å². The van der Waals surface area contributed by atoms with Crippen molar-refractivity contribution >= 4 is 35.9 Å². The molecule has 7 nitrogen and oxygen atoms in total. The molecule has 8 rings (SSSR count). The molecule has 45 heavy (non-hydrogen) atoms. The zero-order valence-electron chi connectivity index (χ0n) is 25.6. The van der Waals surface area contributed by atoms with E-state index in [2.05, 4.69) is 23.2 Å². The maximum atomic E-state index is 13.9. The Kier molecular flexibility index (Phi) is 9.15. The highest BCUT2D eigenvalue weighted by molar-refractivity contribution is 6.32. The quantitative estimate of drug-likeness (QED) is 0.253. The number of carboxylic acids is 1. The highest BCUT2D eigenvalue weighted by Crippen LogP contribution is 2.58. The van der Waals surface area contributed by atoms with E-state index in [1.807, 2.05) is 42.5 Å². The van der Waals surface area contributed by atoms with Crippen LogP contribution in [0.3, 0.4) is 0 Å². The number of carboxylic acid groups (broad SMARTS) is 1. The number of carbonyl (C=O) groups excluding carboxylic acids is 1. The first-order chi connectivity index (χ1) is 21.3. The second-order valence-corrected chi connectivity index (χ2v) is 13.8. The van der Waals surface area contributed by atoms with E-state index in [-0.39, 0.29) is 29.9 Å². The van der Waals surface area contributed by atoms with Gasteiger partial charge in [-0.15, -0.1) is 12.4 Å². The number of aliphatic carboxylic acids is 1. The van der Waals surface area contributed by atoms with Gasteiger partial charge in [0.15, 0.2) is 0 Å². The zero-order valence-corrected chi connectivity index (χ0v) is 27.2. The Bertz CT molecular complexity index is 1560. The average Bonchev–Trinajstić information content (AvgIpc) is 3.53. The third kappa shape index (κ3) is 5.95. The van der Waals surface area contributed by atoms with Gasteiger partial charge in [-0.05, 0) is 124 Å². The minimum Gasteiger partial charge on any atom is -0.491 e. The van der Waals surface area contributed by atoms with Crippen LogP contribution in [0.25, 0.3) is 22.4 Å². The number of aryl methyl sites for hydroxylation is 1. The third-order valence-corrected chi connectivity index (χ3v) is 11.0. The van der Waals surface area contributed by atoms with Crippen LogP contribution in [0, 0.1) is 30.6 Å². The van der Waals surface area contributed by atoms with E-state index >= 15 is 0 Å². The number of likely N-dealkylation sites (tertiary alicyclic amines) is 1. The number of nitrogens with zero attached hydrogens (tertiary/aromatic N) is 2. The number of hydrogen-bond acceptors (Lipinski definition) is 5. The topological polar surface area (TPSA) is 91.8 Å². The standard InChI is InChI=1S/C36H40ClN3O4.ClH/c1-22-6-2-3-7-28(22)29-9-11-31(34(41)39-36(35(42)43)26-17-23-16-24(19-26)20-27(36)18-23)38-33(29)25-8-10-30(37)32(21-25)44-15-14-40-12-4-5-13-40;/h2-3,6-11,21,23-24,26-27H,4-5,12-20H2,1H3,(H,39,41)(H,42,43);1H. The van der Waals surface area contributed by atoms with E-state index in [4.69, 9.17) is 21.3 Å². The van der Waals surface area contributed by atoms with E-state index in [9.17, 15) is 14.7 Å². The van der Waals surface area contributed by atoms with Crippen LogP contribution in [0.5, 0.6) is 5.75 Å². The van der Waals surface area contributed by atoms with Gasteiger partial charge in [-0.3, -0.25) is 9.69 Å². The molecule has 1 aromatic heterocycles. The van der Waals surface area contributed by atoms with Crippen LogP contribution in [0.1, 0.15) is 61.0 Å². The summed E-state index contributed by atoms with van der Waals surface area (Å²) >= 11 is 6.58. The molecule has 1 aliphatic heterocycles. The molecule has 0 spiro atoms. The Morgan fingerprint density at radius 1 is 0.978 bits per heavy atom. The largest absolute Gasteiger partial charge is 0.491 e. The van der Waals surface area contributed by atoms with Gasteiger partial charge in [-0.1, -0.05) is 41.9 Å². The maximum absolute atomic E-state index is 13.9. The molecule has 4 saturated carbocycles. The molecule has 2 heterocycles. The lowest BCUT2D eigenvalue weighted by Gasteiger charge is -2.59. The fourth-order valence-corrected chi connectivity index (χ4v) is 8.91. The predicted molar refractivity (Wildman–Crippen MR) is 178 cm³/mol. The summed E-state index contributed by atoms with van der Waals surface area (Å²) in [4.78, 5) is 34.2. The van der Waals surface area contributed by atoms with Gasteiger partial charge in [0.25, 0.3) is 5.91 Å². The first kappa shape index (κ1) is 31.8. The summed E-state index contributed by atoms with van der Waals surface area (Å²) in [5.74, 6) is 0.311. The van der Waals surface area contributed by atoms with Gasteiger partial charge in [0.1, 0.15) is 23.6 Å². The van der Waals surface area contributed by atoms with Crippen molar-refractivity contribution in [1.82, 2.24) is 15.2 Å². The molecule has 5 fully saturated rings. The van der Waals surface area contributed by atoms with Crippen LogP contribution in [-0.4, -0.2) is 58.6 Å². The lowest BCUT2D eigenvalue weighted by atomic mass is 9.48. The highest BCUT2D eigenvalue weighted by Gasteiger charge is 2.62. The van der Waals surface area contributed by atoms with Gasteiger partial charge < -0.3 is 15.2 Å². The van der Waals surface area contributed by atoms with Crippen LogP contribution in [0.15, 0.2) is 54.6 Å². The van der Waals surface area contributed by atoms with Crippen LogP contribution in [0.2, 0.25) is 5.02 Å². The molecule has 0 radical (unpaired) electrons. The van der Waals surface area contributed by atoms with E-state index < -0.39 is 17.4 Å². The summed E-state index contributed by atoms with van der Waals surface area (Å²) < 4.78 is 6.16. The minimum absolute atomic E-state index is 0. The lowest BCUT2D eigenvalue weighted by Crippen LogP contribution is -2.70. The molecular formula is C36H41Cl2N3O4. The van der Waals surface area contributed by atoms with Gasteiger partial charge in [-0.2, -0.15) is 0 Å². The summed E-state index contributed by atoms with van der Waals surface area (Å²) in [6.07, 6.45) is 7.14. The van der Waals surface area contributed by atoms with Gasteiger partial charge in [-0.25, -0.2) is 9.78 Å². The number of benzene rings is 2. The molecule has 0 atom stereocenters. The Balaban J connectivity index is 0.00000357. The summed E-state index contributed by atoms with van der Waals surface area (Å²) in [7, 11) is 0. The number of hydrogen-bond donors (Lipinski definition) is 2. The fraction of sp³-hybridized carbons (Fsp3) is 0.472. The molecule has 1 amide bonds. The van der Waals surface area contributed by atoms with Gasteiger partial charge >= 0.3 is 5.97 Å². The Morgan fingerprint density at radius 2 is 1.67 bits per heavy atom. The molecule has 3 aromatic rings. The van der Waals surface area contributed by atoms with E-state index in [1.54, 1.807) is 6.07 Å². The molecule has 1 saturated heterocycles. The lowest BCUT2D eigenvalue weighted by molar-refractivity contribution is -0.163. The number of amides is 1. The first-order valence-electron chi connectivity index (χ1n) is 16.1. The molecule has 5 aliphatic rings. The van der Waals surface area contributed by atoms with E-state index in [0.717, 1.165) is 67.6 Å². The number of halogens is 2. The molecule has 9 heteroatoms. The smallest absolute Gasteiger partial charge is 0.330 e. The summed E-state index contributed by atoms with van der Waals surface area (Å²) in [6, 6.07) is 17.3. The zero-order chi connectivity index (χ0) is 30.4. The minimum atomic E-state index is -1.24. The van der Waals surface area contributed by atoms with Crippen LogP contribution in [0.4, 0.5) is 0 Å². The molecule has 2 N–H and O–H groups in total. The molecule has 4 aliphatic carbocycles. The summed E-state index contributed by atoms with van der Waals surface area (Å²) in [5, 5.41) is 14.2. The van der Waals surface area contributed by atoms with Crippen molar-refractivity contribution in [1.29, 1.82) is 0 Å². The summed E-state index contributed by atoms with van der Waals surface area (Å²) in [5.41, 5.74) is 3.35. The van der Waals surface area contributed by atoms with Crippen molar-refractivity contribution in [2.24, 2.45) is 23.7 Å². The average molecular weight is 651 g/mol. The second kappa shape index (κ2) is 12.9. The Hall–Kier alpha value is -3.13. The number of aromatic nitrogens is 1. The maximum Gasteiger partial charge on any atom is 0.330 e. The van der Waals surface area contributed by atoms with Crippen molar-refractivity contribution in [2.75, 3.05) is 26.2 Å².